The summed E-state index contributed by atoms with van der Waals surface area (Å²) in [6.07, 6.45) is 8.09. The predicted octanol–water partition coefficient (Wildman–Crippen LogP) is 7.70. The third kappa shape index (κ3) is 6.77. The van der Waals surface area contributed by atoms with Crippen LogP contribution < -0.4 is 10.9 Å². The minimum absolute atomic E-state index is 0.252. The van der Waals surface area contributed by atoms with Gasteiger partial charge in [-0.1, -0.05) is 125 Å². The molecule has 0 saturated heterocycles. The third-order valence-corrected chi connectivity index (χ3v) is 8.85. The Balaban J connectivity index is 2.02. The zero-order chi connectivity index (χ0) is 25.0. The van der Waals surface area contributed by atoms with Gasteiger partial charge in [-0.15, -0.1) is 0 Å². The number of benzene rings is 3. The first-order chi connectivity index (χ1) is 16.7. The molecule has 182 valence electrons. The van der Waals surface area contributed by atoms with Gasteiger partial charge in [-0.25, -0.2) is 0 Å². The Labute approximate surface area is 215 Å². The zero-order valence-corrected chi connectivity index (χ0v) is 23.7. The number of hydrogen-bond acceptors (Lipinski definition) is 0. The van der Waals surface area contributed by atoms with Gasteiger partial charge < -0.3 is 0 Å². The van der Waals surface area contributed by atoms with Gasteiger partial charge in [-0.2, -0.15) is 0 Å². The summed E-state index contributed by atoms with van der Waals surface area (Å²) >= 11 is 0. The highest BCUT2D eigenvalue weighted by Crippen LogP contribution is 2.52. The molecule has 0 amide bonds. The van der Waals surface area contributed by atoms with E-state index in [9.17, 15) is 0 Å². The quantitative estimate of drug-likeness (QED) is 0.240. The molecule has 3 aromatic rings. The predicted molar refractivity (Wildman–Crippen MR) is 162 cm³/mol. The van der Waals surface area contributed by atoms with Crippen LogP contribution in [0, 0.1) is 26.7 Å². The molecule has 0 unspecified atom stereocenters. The Hall–Kier alpha value is -2.11. The van der Waals surface area contributed by atoms with Crippen LogP contribution >= 0.6 is 7.26 Å². The van der Waals surface area contributed by atoms with E-state index >= 15 is 0 Å². The molecule has 3 aromatic carbocycles. The lowest BCUT2D eigenvalue weighted by molar-refractivity contribution is 0.405. The molecular formula is C33H43BP+. The van der Waals surface area contributed by atoms with Crippen molar-refractivity contribution in [3.05, 3.63) is 101 Å². The van der Waals surface area contributed by atoms with Crippen molar-refractivity contribution < 1.29 is 0 Å². The lowest BCUT2D eigenvalue weighted by atomic mass is 9.34. The second kappa shape index (κ2) is 11.3. The fourth-order valence-electron chi connectivity index (χ4n) is 5.71. The maximum atomic E-state index is 2.52. The van der Waals surface area contributed by atoms with Crippen molar-refractivity contribution >= 4 is 30.4 Å². The summed E-state index contributed by atoms with van der Waals surface area (Å²) in [6, 6.07) is 28.1. The summed E-state index contributed by atoms with van der Waals surface area (Å²) in [6.45, 7) is 14.4. The Morgan fingerprint density at radius 3 is 1.51 bits per heavy atom. The summed E-state index contributed by atoms with van der Waals surface area (Å²) in [7, 11) is -1.02. The molecule has 1 fully saturated rings. The summed E-state index contributed by atoms with van der Waals surface area (Å²) in [5.74, 6) is 0.706. The Morgan fingerprint density at radius 1 is 0.657 bits per heavy atom. The van der Waals surface area contributed by atoms with E-state index in [1.807, 2.05) is 0 Å². The van der Waals surface area contributed by atoms with Gasteiger partial charge in [0.05, 0.1) is 6.16 Å². The molecule has 0 aliphatic heterocycles. The lowest BCUT2D eigenvalue weighted by Crippen LogP contribution is -2.45. The van der Waals surface area contributed by atoms with Gasteiger partial charge in [0.15, 0.2) is 0 Å². The second-order valence-electron chi connectivity index (χ2n) is 11.8. The molecule has 1 aliphatic rings. The lowest BCUT2D eigenvalue weighted by Gasteiger charge is -2.32. The van der Waals surface area contributed by atoms with Crippen LogP contribution in [0.15, 0.2) is 78.4 Å². The molecule has 1 saturated carbocycles. The minimum atomic E-state index is -1.02. The van der Waals surface area contributed by atoms with Crippen molar-refractivity contribution in [1.82, 2.24) is 0 Å². The largest absolute Gasteiger partial charge is 0.242 e. The third-order valence-electron chi connectivity index (χ3n) is 7.56. The van der Waals surface area contributed by atoms with Crippen molar-refractivity contribution in [2.75, 3.05) is 26.2 Å². The fourth-order valence-corrected chi connectivity index (χ4v) is 7.16. The van der Waals surface area contributed by atoms with Crippen LogP contribution in [0.1, 0.15) is 54.4 Å². The van der Waals surface area contributed by atoms with E-state index in [2.05, 4.69) is 114 Å². The zero-order valence-electron chi connectivity index (χ0n) is 22.8. The van der Waals surface area contributed by atoms with Gasteiger partial charge >= 0.3 is 0 Å². The van der Waals surface area contributed by atoms with E-state index in [0.29, 0.717) is 5.92 Å². The summed E-state index contributed by atoms with van der Waals surface area (Å²) in [4.78, 5) is 0. The smallest absolute Gasteiger partial charge is 0.0686 e. The van der Waals surface area contributed by atoms with E-state index < -0.39 is 7.26 Å². The summed E-state index contributed by atoms with van der Waals surface area (Å²) in [5.41, 5.74) is 11.6. The molecule has 0 N–H and O–H groups in total. The number of allylic oxidation sites excluding steroid dienone is 1. The molecule has 35 heavy (non-hydrogen) atoms. The Morgan fingerprint density at radius 2 is 1.09 bits per heavy atom. The second-order valence-corrected chi connectivity index (χ2v) is 16.7. The van der Waals surface area contributed by atoms with Gasteiger partial charge in [0, 0.05) is 27.3 Å². The van der Waals surface area contributed by atoms with Crippen LogP contribution in [0.4, 0.5) is 0 Å². The van der Waals surface area contributed by atoms with Gasteiger partial charge in [0.25, 0.3) is 0 Å². The van der Waals surface area contributed by atoms with Gasteiger partial charge in [0.1, 0.15) is 0 Å². The molecule has 0 aromatic heterocycles. The van der Waals surface area contributed by atoms with Crippen LogP contribution in [0.2, 0.25) is 0 Å². The van der Waals surface area contributed by atoms with Crippen molar-refractivity contribution in [3.63, 3.8) is 0 Å². The van der Waals surface area contributed by atoms with E-state index in [-0.39, 0.29) is 6.71 Å². The van der Waals surface area contributed by atoms with Crippen molar-refractivity contribution in [2.45, 2.75) is 52.9 Å². The fraction of sp³-hybridized carbons (Fsp3) is 0.394. The topological polar surface area (TPSA) is 0 Å². The molecule has 1 aliphatic carbocycles. The maximum Gasteiger partial charge on any atom is 0.242 e. The first-order valence-corrected chi connectivity index (χ1v) is 16.8. The highest BCUT2D eigenvalue weighted by molar-refractivity contribution is 7.74. The van der Waals surface area contributed by atoms with Gasteiger partial charge in [-0.3, -0.25) is 0 Å². The van der Waals surface area contributed by atoms with Crippen LogP contribution in [0.5, 0.6) is 0 Å². The highest BCUT2D eigenvalue weighted by Gasteiger charge is 2.34. The van der Waals surface area contributed by atoms with Crippen molar-refractivity contribution in [3.8, 4) is 0 Å². The minimum Gasteiger partial charge on any atom is -0.0686 e. The highest BCUT2D eigenvalue weighted by atomic mass is 31.2. The SMILES string of the molecule is Cc1ccc(B(/C(=C(\C[P+](C)(C)C)C2CCCCC2)c2ccc(C)cc2)c2ccc(C)cc2)cc1. The molecule has 0 spiro atoms. The van der Waals surface area contributed by atoms with Crippen LogP contribution in [0.25, 0.3) is 5.47 Å². The normalized spacial score (nSPS) is 15.6. The maximum absolute atomic E-state index is 2.52. The van der Waals surface area contributed by atoms with Crippen LogP contribution in [-0.2, 0) is 0 Å². The van der Waals surface area contributed by atoms with Crippen molar-refractivity contribution in [2.24, 2.45) is 5.92 Å². The average molecular weight is 481 g/mol. The molecule has 0 nitrogen and oxygen atoms in total. The average Bonchev–Trinajstić information content (AvgIpc) is 2.84. The summed E-state index contributed by atoms with van der Waals surface area (Å²) < 4.78 is 0. The molecular weight excluding hydrogens is 438 g/mol. The van der Waals surface area contributed by atoms with E-state index in [0.717, 1.165) is 0 Å². The first-order valence-electron chi connectivity index (χ1n) is 13.4. The molecule has 0 heterocycles. The van der Waals surface area contributed by atoms with Crippen molar-refractivity contribution in [1.29, 1.82) is 0 Å². The first kappa shape index (κ1) is 26.0. The van der Waals surface area contributed by atoms with Gasteiger partial charge in [-0.05, 0) is 50.7 Å². The molecule has 2 heteroatoms. The van der Waals surface area contributed by atoms with Crippen LogP contribution in [-0.4, -0.2) is 32.9 Å². The van der Waals surface area contributed by atoms with Gasteiger partial charge in [0.2, 0.25) is 6.71 Å². The van der Waals surface area contributed by atoms with Crippen LogP contribution in [0.3, 0.4) is 0 Å². The van der Waals surface area contributed by atoms with E-state index in [1.54, 1.807) is 11.0 Å². The molecule has 0 radical (unpaired) electrons. The molecule has 4 rings (SSSR count). The Kier molecular flexibility index (Phi) is 8.39. The standard InChI is InChI=1S/C33H43BP/c1-25-12-18-29(19-13-25)33(32(24-35(4,5)6)28-10-8-7-9-11-28)34(30-20-14-26(2)15-21-30)31-22-16-27(3)17-23-31/h12-23,28H,7-11,24H2,1-6H3/q+1/b33-32+. The monoisotopic (exact) mass is 481 g/mol. The molecule has 0 atom stereocenters. The Bertz CT molecular complexity index is 1080. The summed E-state index contributed by atoms with van der Waals surface area (Å²) in [5, 5.41) is 0. The number of hydrogen-bond donors (Lipinski definition) is 0. The van der Waals surface area contributed by atoms with E-state index in [1.165, 1.54) is 71.4 Å². The molecule has 0 bridgehead atoms. The van der Waals surface area contributed by atoms with E-state index in [4.69, 9.17) is 0 Å². The number of rotatable bonds is 7. The number of aryl methyl sites for hydroxylation is 3.